The van der Waals surface area contributed by atoms with Crippen molar-refractivity contribution in [1.29, 1.82) is 0 Å². The highest BCUT2D eigenvalue weighted by Crippen LogP contribution is 2.39. The first-order valence-electron chi connectivity index (χ1n) is 13.6. The van der Waals surface area contributed by atoms with E-state index < -0.39 is 0 Å². The third kappa shape index (κ3) is 5.54. The second-order valence-electron chi connectivity index (χ2n) is 10.3. The number of rotatable bonds is 9. The summed E-state index contributed by atoms with van der Waals surface area (Å²) in [6.07, 6.45) is 5.48. The number of hydrogen-bond acceptors (Lipinski definition) is 7. The minimum atomic E-state index is -0.189. The first-order valence-corrected chi connectivity index (χ1v) is 13.6. The van der Waals surface area contributed by atoms with Crippen molar-refractivity contribution in [1.82, 2.24) is 15.6 Å². The molecular formula is C31H36N4O5. The number of fused-ring (bicyclic) bond motifs is 2. The molecule has 0 spiro atoms. The largest absolute Gasteiger partial charge is 0.496 e. The summed E-state index contributed by atoms with van der Waals surface area (Å²) in [4.78, 5) is 32.9. The second kappa shape index (κ2) is 11.9. The Kier molecular flexibility index (Phi) is 8.09. The summed E-state index contributed by atoms with van der Waals surface area (Å²) in [7, 11) is 4.79. The molecule has 0 saturated carbocycles. The van der Waals surface area contributed by atoms with Crippen LogP contribution in [0.15, 0.2) is 54.7 Å². The number of anilines is 1. The fourth-order valence-electron chi connectivity index (χ4n) is 5.96. The summed E-state index contributed by atoms with van der Waals surface area (Å²) in [5.41, 5.74) is 2.91. The molecule has 5 rings (SSSR count). The van der Waals surface area contributed by atoms with Crippen molar-refractivity contribution >= 4 is 17.6 Å². The normalized spacial score (nSPS) is 19.6. The minimum Gasteiger partial charge on any atom is -0.496 e. The summed E-state index contributed by atoms with van der Waals surface area (Å²) in [6, 6.07) is 15.6. The molecule has 2 fully saturated rings. The Morgan fingerprint density at radius 3 is 2.27 bits per heavy atom. The molecular weight excluding hydrogens is 508 g/mol. The molecule has 2 bridgehead atoms. The van der Waals surface area contributed by atoms with Crippen LogP contribution in [-0.4, -0.2) is 56.3 Å². The van der Waals surface area contributed by atoms with E-state index in [1.807, 2.05) is 55.5 Å². The van der Waals surface area contributed by atoms with Gasteiger partial charge in [-0.3, -0.25) is 9.59 Å². The Morgan fingerprint density at radius 2 is 1.62 bits per heavy atom. The van der Waals surface area contributed by atoms with Crippen LogP contribution < -0.4 is 29.7 Å². The Labute approximate surface area is 234 Å². The van der Waals surface area contributed by atoms with Crippen LogP contribution in [0.2, 0.25) is 0 Å². The van der Waals surface area contributed by atoms with Crippen LogP contribution in [0.1, 0.15) is 57.5 Å². The van der Waals surface area contributed by atoms with E-state index in [1.54, 1.807) is 27.5 Å². The molecule has 9 heteroatoms. The van der Waals surface area contributed by atoms with E-state index in [2.05, 4.69) is 20.5 Å². The number of carbonyl (C=O) groups excluding carboxylic acids is 2. The molecule has 9 nitrogen and oxygen atoms in total. The van der Waals surface area contributed by atoms with Gasteiger partial charge in [0.05, 0.1) is 26.9 Å². The Balaban J connectivity index is 1.18. The number of benzene rings is 2. The predicted octanol–water partition coefficient (Wildman–Crippen LogP) is 4.28. The van der Waals surface area contributed by atoms with E-state index in [0.29, 0.717) is 47.0 Å². The number of nitrogens with one attached hydrogen (secondary N) is 2. The van der Waals surface area contributed by atoms with E-state index in [4.69, 9.17) is 14.2 Å². The Morgan fingerprint density at radius 1 is 0.900 bits per heavy atom. The number of nitrogens with zero attached hydrogens (tertiary/aromatic N) is 2. The molecule has 2 saturated heterocycles. The van der Waals surface area contributed by atoms with E-state index in [0.717, 1.165) is 42.6 Å². The fraction of sp³-hybridized carbons (Fsp3) is 0.387. The van der Waals surface area contributed by atoms with Crippen molar-refractivity contribution in [3.63, 3.8) is 0 Å². The number of ether oxygens (including phenoxy) is 3. The maximum absolute atomic E-state index is 13.1. The maximum Gasteiger partial charge on any atom is 0.253 e. The van der Waals surface area contributed by atoms with Gasteiger partial charge >= 0.3 is 0 Å². The predicted molar refractivity (Wildman–Crippen MR) is 152 cm³/mol. The van der Waals surface area contributed by atoms with Gasteiger partial charge in [-0.15, -0.1) is 0 Å². The summed E-state index contributed by atoms with van der Waals surface area (Å²) >= 11 is 0. The average Bonchev–Trinajstić information content (AvgIpc) is 3.25. The van der Waals surface area contributed by atoms with Crippen LogP contribution in [-0.2, 0) is 6.54 Å². The first-order chi connectivity index (χ1) is 19.4. The number of piperidine rings is 1. The van der Waals surface area contributed by atoms with Crippen LogP contribution >= 0.6 is 0 Å². The van der Waals surface area contributed by atoms with Gasteiger partial charge in [0.15, 0.2) is 11.5 Å². The molecule has 0 aliphatic carbocycles. The molecule has 2 aliphatic rings. The highest BCUT2D eigenvalue weighted by atomic mass is 16.5. The van der Waals surface area contributed by atoms with Crippen molar-refractivity contribution in [3.8, 4) is 17.2 Å². The third-order valence-corrected chi connectivity index (χ3v) is 7.99. The van der Waals surface area contributed by atoms with Crippen molar-refractivity contribution < 1.29 is 23.8 Å². The minimum absolute atomic E-state index is 0.0594. The zero-order valence-corrected chi connectivity index (χ0v) is 23.4. The molecule has 1 aromatic heterocycles. The molecule has 2 aromatic carbocycles. The van der Waals surface area contributed by atoms with Gasteiger partial charge in [-0.2, -0.15) is 0 Å². The van der Waals surface area contributed by atoms with Crippen LogP contribution in [0, 0.1) is 6.92 Å². The van der Waals surface area contributed by atoms with Gasteiger partial charge < -0.3 is 29.7 Å². The molecule has 40 heavy (non-hydrogen) atoms. The quantitative estimate of drug-likeness (QED) is 0.415. The van der Waals surface area contributed by atoms with Crippen LogP contribution in [0.5, 0.6) is 17.2 Å². The lowest BCUT2D eigenvalue weighted by molar-refractivity contribution is 0.0923. The summed E-state index contributed by atoms with van der Waals surface area (Å²) < 4.78 is 16.0. The van der Waals surface area contributed by atoms with Gasteiger partial charge in [-0.25, -0.2) is 4.98 Å². The lowest BCUT2D eigenvalue weighted by Crippen LogP contribution is -2.50. The van der Waals surface area contributed by atoms with Crippen molar-refractivity contribution in [2.75, 3.05) is 26.2 Å². The number of amides is 2. The number of methoxy groups -OCH3 is 3. The lowest BCUT2D eigenvalue weighted by atomic mass is 9.96. The van der Waals surface area contributed by atoms with Crippen LogP contribution in [0.4, 0.5) is 5.82 Å². The highest BCUT2D eigenvalue weighted by molar-refractivity contribution is 5.96. The number of pyridine rings is 1. The summed E-state index contributed by atoms with van der Waals surface area (Å²) in [6.45, 7) is 2.27. The zero-order chi connectivity index (χ0) is 28.2. The van der Waals surface area contributed by atoms with Gasteiger partial charge in [-0.05, 0) is 74.6 Å². The molecule has 2 amide bonds. The van der Waals surface area contributed by atoms with E-state index in [1.165, 1.54) is 0 Å². The fourth-order valence-corrected chi connectivity index (χ4v) is 5.96. The molecule has 210 valence electrons. The third-order valence-electron chi connectivity index (χ3n) is 7.99. The summed E-state index contributed by atoms with van der Waals surface area (Å²) in [5, 5.41) is 6.20. The monoisotopic (exact) mass is 544 g/mol. The summed E-state index contributed by atoms with van der Waals surface area (Å²) in [5.74, 6) is 2.60. The maximum atomic E-state index is 13.1. The van der Waals surface area contributed by atoms with E-state index in [-0.39, 0.29) is 17.9 Å². The van der Waals surface area contributed by atoms with Gasteiger partial charge in [-0.1, -0.05) is 12.1 Å². The Hall–Kier alpha value is -4.27. The van der Waals surface area contributed by atoms with Crippen LogP contribution in [0.25, 0.3) is 0 Å². The molecule has 3 atom stereocenters. The van der Waals surface area contributed by atoms with E-state index in [9.17, 15) is 9.59 Å². The van der Waals surface area contributed by atoms with E-state index >= 15 is 0 Å². The molecule has 1 unspecified atom stereocenters. The Bertz CT molecular complexity index is 1360. The van der Waals surface area contributed by atoms with Crippen molar-refractivity contribution in [2.45, 2.75) is 57.3 Å². The highest BCUT2D eigenvalue weighted by Gasteiger charge is 2.42. The van der Waals surface area contributed by atoms with Gasteiger partial charge in [0.1, 0.15) is 11.6 Å². The topological polar surface area (TPSA) is 102 Å². The van der Waals surface area contributed by atoms with Crippen LogP contribution in [0.3, 0.4) is 0 Å². The number of hydrogen-bond donors (Lipinski definition) is 2. The zero-order valence-electron chi connectivity index (χ0n) is 23.4. The lowest BCUT2D eigenvalue weighted by Gasteiger charge is -2.40. The first kappa shape index (κ1) is 27.3. The van der Waals surface area contributed by atoms with Gasteiger partial charge in [0.2, 0.25) is 0 Å². The second-order valence-corrected chi connectivity index (χ2v) is 10.3. The standard InChI is InChI=1S/C31H36N4O5/c1-19-25(6-5-7-26(19)38-2)31(37)34-22-15-23-10-11-24(16-22)35(23)29-13-9-21(18-32-29)30(36)33-17-20-8-12-27(39-3)28(14-20)40-4/h5-9,12-14,18,22-24H,10-11,15-17H2,1-4H3,(H,33,36)(H,34,37)/t22?,23-,24+. The van der Waals surface area contributed by atoms with Gasteiger partial charge in [0.25, 0.3) is 11.8 Å². The van der Waals surface area contributed by atoms with Gasteiger partial charge in [0, 0.05) is 42.0 Å². The number of aromatic nitrogens is 1. The molecule has 3 aromatic rings. The van der Waals surface area contributed by atoms with Crippen molar-refractivity contribution in [3.05, 3.63) is 77.0 Å². The smallest absolute Gasteiger partial charge is 0.253 e. The molecule has 2 aliphatic heterocycles. The molecule has 0 radical (unpaired) electrons. The SMILES string of the molecule is COc1ccc(CNC(=O)c2ccc(N3[C@@H]4CC[C@H]3CC(NC(=O)c3cccc(OC)c3C)C4)nc2)cc1OC. The number of carbonyl (C=O) groups is 2. The molecule has 3 heterocycles. The average molecular weight is 545 g/mol. The molecule has 2 N–H and O–H groups in total. The van der Waals surface area contributed by atoms with Crippen molar-refractivity contribution in [2.24, 2.45) is 0 Å².